The number of anilines is 1. The first-order chi connectivity index (χ1) is 15.7. The lowest BCUT2D eigenvalue weighted by atomic mass is 10.0. The molecule has 174 valence electrons. The molecular formula is C26H30N2O4S. The van der Waals surface area contributed by atoms with Crippen molar-refractivity contribution in [1.82, 2.24) is 4.72 Å². The largest absolute Gasteiger partial charge is 0.494 e. The summed E-state index contributed by atoms with van der Waals surface area (Å²) in [6, 6.07) is 18.5. The summed E-state index contributed by atoms with van der Waals surface area (Å²) in [5.74, 6) is 0.170. The van der Waals surface area contributed by atoms with E-state index in [4.69, 9.17) is 4.74 Å². The minimum atomic E-state index is -3.94. The third-order valence-electron chi connectivity index (χ3n) is 5.27. The molecule has 3 aromatic rings. The number of amides is 1. The van der Waals surface area contributed by atoms with Crippen molar-refractivity contribution in [2.75, 3.05) is 11.9 Å². The van der Waals surface area contributed by atoms with Gasteiger partial charge in [0.15, 0.2) is 0 Å². The number of aryl methyl sites for hydroxylation is 3. The number of ether oxygens (including phenoxy) is 1. The Balaban J connectivity index is 1.88. The summed E-state index contributed by atoms with van der Waals surface area (Å²) in [6.45, 7) is 8.19. The number of rotatable bonds is 9. The van der Waals surface area contributed by atoms with Gasteiger partial charge in [-0.15, -0.1) is 0 Å². The number of carbonyl (C=O) groups is 1. The number of hydrogen-bond donors (Lipinski definition) is 2. The molecule has 0 aliphatic rings. The smallest absolute Gasteiger partial charge is 0.242 e. The maximum Gasteiger partial charge on any atom is 0.242 e. The van der Waals surface area contributed by atoms with E-state index in [0.29, 0.717) is 18.0 Å². The number of carbonyl (C=O) groups excluding carboxylic acids is 1. The molecule has 1 atom stereocenters. The molecule has 0 saturated heterocycles. The summed E-state index contributed by atoms with van der Waals surface area (Å²) < 4.78 is 34.2. The average molecular weight is 467 g/mol. The fourth-order valence-corrected chi connectivity index (χ4v) is 4.96. The van der Waals surface area contributed by atoms with Gasteiger partial charge in [0.25, 0.3) is 0 Å². The Bertz CT molecular complexity index is 1180. The summed E-state index contributed by atoms with van der Waals surface area (Å²) in [5, 5.41) is 2.94. The molecular weight excluding hydrogens is 436 g/mol. The third-order valence-corrected chi connectivity index (χ3v) is 6.75. The highest BCUT2D eigenvalue weighted by Gasteiger charge is 2.27. The van der Waals surface area contributed by atoms with Crippen molar-refractivity contribution < 1.29 is 17.9 Å². The van der Waals surface area contributed by atoms with Gasteiger partial charge in [-0.2, -0.15) is 4.72 Å². The van der Waals surface area contributed by atoms with Crippen molar-refractivity contribution in [3.8, 4) is 5.75 Å². The maximum atomic E-state index is 13.3. The fourth-order valence-electron chi connectivity index (χ4n) is 3.76. The van der Waals surface area contributed by atoms with Crippen LogP contribution in [0.15, 0.2) is 71.6 Å². The van der Waals surface area contributed by atoms with Gasteiger partial charge in [0, 0.05) is 5.69 Å². The van der Waals surface area contributed by atoms with E-state index < -0.39 is 22.0 Å². The standard InChI is InChI=1S/C26H30N2O4S/c1-5-32-22-11-13-23(14-12-22)33(30,31)28-24(17-21-9-7-6-8-10-21)26(29)27-25-19(3)15-18(2)16-20(25)4/h6-16,24,28H,5,17H2,1-4H3,(H,27,29)/t24-/m0/s1. The van der Waals surface area contributed by atoms with E-state index in [1.165, 1.54) is 12.1 Å². The van der Waals surface area contributed by atoms with Gasteiger partial charge in [-0.1, -0.05) is 48.0 Å². The van der Waals surface area contributed by atoms with Crippen LogP contribution in [0.5, 0.6) is 5.75 Å². The van der Waals surface area contributed by atoms with Gasteiger partial charge >= 0.3 is 0 Å². The summed E-state index contributed by atoms with van der Waals surface area (Å²) in [5.41, 5.74) is 4.50. The second-order valence-electron chi connectivity index (χ2n) is 8.03. The predicted molar refractivity (Wildman–Crippen MR) is 131 cm³/mol. The molecule has 0 saturated carbocycles. The quantitative estimate of drug-likeness (QED) is 0.485. The van der Waals surface area contributed by atoms with Crippen molar-refractivity contribution in [1.29, 1.82) is 0 Å². The van der Waals surface area contributed by atoms with E-state index in [1.54, 1.807) is 12.1 Å². The molecule has 0 aliphatic heterocycles. The zero-order chi connectivity index (χ0) is 24.0. The van der Waals surface area contributed by atoms with E-state index in [1.807, 2.05) is 70.2 Å². The van der Waals surface area contributed by atoms with E-state index >= 15 is 0 Å². The third kappa shape index (κ3) is 6.43. The molecule has 0 bridgehead atoms. The monoisotopic (exact) mass is 466 g/mol. The molecule has 0 spiro atoms. The fraction of sp³-hybridized carbons (Fsp3) is 0.269. The first kappa shape index (κ1) is 24.5. The van der Waals surface area contributed by atoms with Crippen LogP contribution in [0.2, 0.25) is 0 Å². The molecule has 0 unspecified atom stereocenters. The predicted octanol–water partition coefficient (Wildman–Crippen LogP) is 4.54. The molecule has 6 nitrogen and oxygen atoms in total. The Morgan fingerprint density at radius 3 is 2.12 bits per heavy atom. The lowest BCUT2D eigenvalue weighted by Gasteiger charge is -2.21. The van der Waals surface area contributed by atoms with Crippen LogP contribution < -0.4 is 14.8 Å². The van der Waals surface area contributed by atoms with Crippen LogP contribution in [0.4, 0.5) is 5.69 Å². The normalized spacial score (nSPS) is 12.2. The molecule has 0 aromatic heterocycles. The molecule has 33 heavy (non-hydrogen) atoms. The van der Waals surface area contributed by atoms with Crippen molar-refractivity contribution >= 4 is 21.6 Å². The van der Waals surface area contributed by atoms with Gasteiger partial charge in [0.1, 0.15) is 11.8 Å². The second-order valence-corrected chi connectivity index (χ2v) is 9.74. The van der Waals surface area contributed by atoms with Crippen LogP contribution in [0.3, 0.4) is 0 Å². The molecule has 2 N–H and O–H groups in total. The molecule has 0 fully saturated rings. The number of sulfonamides is 1. The Hall–Kier alpha value is -3.16. The number of nitrogens with one attached hydrogen (secondary N) is 2. The van der Waals surface area contributed by atoms with Gasteiger partial charge in [0.05, 0.1) is 11.5 Å². The molecule has 0 radical (unpaired) electrons. The lowest BCUT2D eigenvalue weighted by molar-refractivity contribution is -0.117. The van der Waals surface area contributed by atoms with E-state index in [9.17, 15) is 13.2 Å². The van der Waals surface area contributed by atoms with Gasteiger partial charge < -0.3 is 10.1 Å². The highest BCUT2D eigenvalue weighted by atomic mass is 32.2. The molecule has 0 aliphatic carbocycles. The molecule has 0 heterocycles. The first-order valence-corrected chi connectivity index (χ1v) is 12.4. The van der Waals surface area contributed by atoms with Gasteiger partial charge in [-0.3, -0.25) is 4.79 Å². The number of benzene rings is 3. The minimum Gasteiger partial charge on any atom is -0.494 e. The highest BCUT2D eigenvalue weighted by molar-refractivity contribution is 7.89. The molecule has 3 rings (SSSR count). The van der Waals surface area contributed by atoms with Gasteiger partial charge in [-0.05, 0) is 75.1 Å². The average Bonchev–Trinajstić information content (AvgIpc) is 2.77. The summed E-state index contributed by atoms with van der Waals surface area (Å²) >= 11 is 0. The zero-order valence-corrected chi connectivity index (χ0v) is 20.2. The molecule has 1 amide bonds. The Morgan fingerprint density at radius 2 is 1.55 bits per heavy atom. The topological polar surface area (TPSA) is 84.5 Å². The summed E-state index contributed by atoms with van der Waals surface area (Å²) in [4.78, 5) is 13.4. The summed E-state index contributed by atoms with van der Waals surface area (Å²) in [7, 11) is -3.94. The van der Waals surface area contributed by atoms with E-state index in [2.05, 4.69) is 10.0 Å². The summed E-state index contributed by atoms with van der Waals surface area (Å²) in [6.07, 6.45) is 0.215. The second kappa shape index (κ2) is 10.6. The lowest BCUT2D eigenvalue weighted by Crippen LogP contribution is -2.45. The molecule has 3 aromatic carbocycles. The van der Waals surface area contributed by atoms with Gasteiger partial charge in [-0.25, -0.2) is 8.42 Å². The number of hydrogen-bond acceptors (Lipinski definition) is 4. The van der Waals surface area contributed by atoms with Crippen molar-refractivity contribution in [2.24, 2.45) is 0 Å². The zero-order valence-electron chi connectivity index (χ0n) is 19.4. The van der Waals surface area contributed by atoms with Crippen LogP contribution in [0.25, 0.3) is 0 Å². The minimum absolute atomic E-state index is 0.0690. The Kier molecular flexibility index (Phi) is 7.89. The van der Waals surface area contributed by atoms with Crippen molar-refractivity contribution in [3.05, 3.63) is 89.0 Å². The van der Waals surface area contributed by atoms with Crippen molar-refractivity contribution in [3.63, 3.8) is 0 Å². The Morgan fingerprint density at radius 1 is 0.939 bits per heavy atom. The van der Waals surface area contributed by atoms with E-state index in [0.717, 1.165) is 22.3 Å². The highest BCUT2D eigenvalue weighted by Crippen LogP contribution is 2.23. The first-order valence-electron chi connectivity index (χ1n) is 10.9. The van der Waals surface area contributed by atoms with Crippen LogP contribution in [0, 0.1) is 20.8 Å². The Labute approximate surface area is 196 Å². The van der Waals surface area contributed by atoms with Crippen LogP contribution >= 0.6 is 0 Å². The van der Waals surface area contributed by atoms with Gasteiger partial charge in [0.2, 0.25) is 15.9 Å². The SMILES string of the molecule is CCOc1ccc(S(=O)(=O)N[C@@H](Cc2ccccc2)C(=O)Nc2c(C)cc(C)cc2C)cc1. The van der Waals surface area contributed by atoms with Crippen LogP contribution in [-0.4, -0.2) is 27.0 Å². The van der Waals surface area contributed by atoms with Crippen LogP contribution in [-0.2, 0) is 21.2 Å². The van der Waals surface area contributed by atoms with Crippen molar-refractivity contribution in [2.45, 2.75) is 45.1 Å². The maximum absolute atomic E-state index is 13.3. The van der Waals surface area contributed by atoms with Crippen LogP contribution in [0.1, 0.15) is 29.2 Å². The van der Waals surface area contributed by atoms with E-state index in [-0.39, 0.29) is 11.3 Å². The molecule has 7 heteroatoms.